The highest BCUT2D eigenvalue weighted by molar-refractivity contribution is 6.10. The molecule has 0 aliphatic heterocycles. The van der Waals surface area contributed by atoms with Gasteiger partial charge < -0.3 is 10.1 Å². The second-order valence-corrected chi connectivity index (χ2v) is 5.64. The fraction of sp³-hybridized carbons (Fsp3) is 0.150. The first-order chi connectivity index (χ1) is 11.1. The molecule has 0 heterocycles. The van der Waals surface area contributed by atoms with Crippen molar-refractivity contribution in [2.24, 2.45) is 0 Å². The molecule has 0 saturated heterocycles. The average molecular weight is 305 g/mol. The highest BCUT2D eigenvalue weighted by atomic mass is 16.5. The molecule has 3 heteroatoms. The fourth-order valence-electron chi connectivity index (χ4n) is 2.79. The monoisotopic (exact) mass is 305 g/mol. The van der Waals surface area contributed by atoms with Crippen LogP contribution in [0.25, 0.3) is 10.8 Å². The predicted octanol–water partition coefficient (Wildman–Crippen LogP) is 4.72. The molecule has 0 radical (unpaired) electrons. The zero-order valence-corrected chi connectivity index (χ0v) is 13.5. The SMILES string of the molecule is COc1c(C(=O)Nc2ccc(C)cc2C)ccc2ccccc12. The van der Waals surface area contributed by atoms with Crippen LogP contribution in [0.2, 0.25) is 0 Å². The highest BCUT2D eigenvalue weighted by Gasteiger charge is 2.15. The van der Waals surface area contributed by atoms with Crippen LogP contribution in [0.3, 0.4) is 0 Å². The van der Waals surface area contributed by atoms with Crippen molar-refractivity contribution in [2.45, 2.75) is 13.8 Å². The molecule has 1 N–H and O–H groups in total. The Kier molecular flexibility index (Phi) is 4.02. The van der Waals surface area contributed by atoms with Gasteiger partial charge in [0, 0.05) is 11.1 Å². The minimum Gasteiger partial charge on any atom is -0.495 e. The first-order valence-electron chi connectivity index (χ1n) is 7.54. The molecular formula is C20H19NO2. The first kappa shape index (κ1) is 15.1. The Labute approximate surface area is 135 Å². The summed E-state index contributed by atoms with van der Waals surface area (Å²) in [4.78, 5) is 12.7. The van der Waals surface area contributed by atoms with Crippen LogP contribution in [0.1, 0.15) is 21.5 Å². The van der Waals surface area contributed by atoms with Crippen LogP contribution in [0.4, 0.5) is 5.69 Å². The molecule has 0 aromatic heterocycles. The Bertz CT molecular complexity index is 884. The molecule has 3 aromatic carbocycles. The van der Waals surface area contributed by atoms with E-state index in [4.69, 9.17) is 4.74 Å². The number of hydrogen-bond donors (Lipinski definition) is 1. The van der Waals surface area contributed by atoms with Crippen molar-refractivity contribution in [1.82, 2.24) is 0 Å². The Morgan fingerprint density at radius 3 is 2.52 bits per heavy atom. The Hall–Kier alpha value is -2.81. The number of rotatable bonds is 3. The van der Waals surface area contributed by atoms with Gasteiger partial charge in [-0.15, -0.1) is 0 Å². The van der Waals surface area contributed by atoms with E-state index in [1.807, 2.05) is 62.4 Å². The van der Waals surface area contributed by atoms with Gasteiger partial charge in [0.05, 0.1) is 12.7 Å². The summed E-state index contributed by atoms with van der Waals surface area (Å²) in [6.45, 7) is 4.02. The van der Waals surface area contributed by atoms with Crippen molar-refractivity contribution < 1.29 is 9.53 Å². The number of anilines is 1. The molecule has 0 aliphatic rings. The summed E-state index contributed by atoms with van der Waals surface area (Å²) in [6.07, 6.45) is 0. The molecule has 0 aliphatic carbocycles. The van der Waals surface area contributed by atoms with Crippen LogP contribution in [0.5, 0.6) is 5.75 Å². The van der Waals surface area contributed by atoms with E-state index >= 15 is 0 Å². The van der Waals surface area contributed by atoms with Crippen LogP contribution >= 0.6 is 0 Å². The molecule has 116 valence electrons. The quantitative estimate of drug-likeness (QED) is 0.760. The normalized spacial score (nSPS) is 10.6. The third-order valence-corrected chi connectivity index (χ3v) is 3.96. The third-order valence-electron chi connectivity index (χ3n) is 3.96. The smallest absolute Gasteiger partial charge is 0.259 e. The second kappa shape index (κ2) is 6.13. The Morgan fingerprint density at radius 2 is 1.78 bits per heavy atom. The van der Waals surface area contributed by atoms with Crippen LogP contribution < -0.4 is 10.1 Å². The summed E-state index contributed by atoms with van der Waals surface area (Å²) < 4.78 is 5.51. The van der Waals surface area contributed by atoms with Crippen molar-refractivity contribution in [2.75, 3.05) is 12.4 Å². The maximum Gasteiger partial charge on any atom is 0.259 e. The zero-order valence-electron chi connectivity index (χ0n) is 13.5. The summed E-state index contributed by atoms with van der Waals surface area (Å²) >= 11 is 0. The van der Waals surface area contributed by atoms with Gasteiger partial charge in [-0.05, 0) is 36.9 Å². The molecule has 0 fully saturated rings. The zero-order chi connectivity index (χ0) is 16.4. The minimum absolute atomic E-state index is 0.167. The molecule has 1 amide bonds. The second-order valence-electron chi connectivity index (χ2n) is 5.64. The molecule has 0 atom stereocenters. The lowest BCUT2D eigenvalue weighted by Crippen LogP contribution is -2.14. The van der Waals surface area contributed by atoms with Crippen molar-refractivity contribution in [3.8, 4) is 5.75 Å². The van der Waals surface area contributed by atoms with Crippen molar-refractivity contribution >= 4 is 22.4 Å². The summed E-state index contributed by atoms with van der Waals surface area (Å²) in [5, 5.41) is 4.96. The van der Waals surface area contributed by atoms with Gasteiger partial charge in [-0.3, -0.25) is 4.79 Å². The lowest BCUT2D eigenvalue weighted by molar-refractivity contribution is 0.102. The van der Waals surface area contributed by atoms with Crippen molar-refractivity contribution in [1.29, 1.82) is 0 Å². The van der Waals surface area contributed by atoms with Crippen LogP contribution in [0.15, 0.2) is 54.6 Å². The topological polar surface area (TPSA) is 38.3 Å². The average Bonchev–Trinajstić information content (AvgIpc) is 2.56. The van der Waals surface area contributed by atoms with E-state index < -0.39 is 0 Å². The van der Waals surface area contributed by atoms with Gasteiger partial charge in [-0.1, -0.05) is 48.0 Å². The van der Waals surface area contributed by atoms with Gasteiger partial charge in [0.2, 0.25) is 0 Å². The first-order valence-corrected chi connectivity index (χ1v) is 7.54. The number of fused-ring (bicyclic) bond motifs is 1. The van der Waals surface area contributed by atoms with Gasteiger partial charge in [0.25, 0.3) is 5.91 Å². The van der Waals surface area contributed by atoms with Gasteiger partial charge in [-0.25, -0.2) is 0 Å². The van der Waals surface area contributed by atoms with E-state index in [0.29, 0.717) is 11.3 Å². The Balaban J connectivity index is 2.00. The van der Waals surface area contributed by atoms with E-state index in [1.54, 1.807) is 13.2 Å². The van der Waals surface area contributed by atoms with Crippen LogP contribution in [-0.4, -0.2) is 13.0 Å². The number of methoxy groups -OCH3 is 1. The highest BCUT2D eigenvalue weighted by Crippen LogP contribution is 2.30. The number of carbonyl (C=O) groups is 1. The predicted molar refractivity (Wildman–Crippen MR) is 94.4 cm³/mol. The lowest BCUT2D eigenvalue weighted by Gasteiger charge is -2.13. The summed E-state index contributed by atoms with van der Waals surface area (Å²) in [7, 11) is 1.59. The lowest BCUT2D eigenvalue weighted by atomic mass is 10.0. The molecule has 23 heavy (non-hydrogen) atoms. The third kappa shape index (κ3) is 2.90. The van der Waals surface area contributed by atoms with Gasteiger partial charge in [0.15, 0.2) is 0 Å². The van der Waals surface area contributed by atoms with Crippen molar-refractivity contribution in [3.63, 3.8) is 0 Å². The maximum absolute atomic E-state index is 12.7. The molecule has 0 bridgehead atoms. The van der Waals surface area contributed by atoms with Gasteiger partial charge in [0.1, 0.15) is 5.75 Å². The number of nitrogens with one attached hydrogen (secondary N) is 1. The van der Waals surface area contributed by atoms with Gasteiger partial charge >= 0.3 is 0 Å². The molecule has 3 rings (SSSR count). The molecular weight excluding hydrogens is 286 g/mol. The summed E-state index contributed by atoms with van der Waals surface area (Å²) in [5.41, 5.74) is 3.56. The fourth-order valence-corrected chi connectivity index (χ4v) is 2.79. The summed E-state index contributed by atoms with van der Waals surface area (Å²) in [5.74, 6) is 0.435. The van der Waals surface area contributed by atoms with Crippen LogP contribution in [-0.2, 0) is 0 Å². The molecule has 3 aromatic rings. The molecule has 3 nitrogen and oxygen atoms in total. The van der Waals surface area contributed by atoms with Crippen LogP contribution in [0, 0.1) is 13.8 Å². The number of amides is 1. The largest absolute Gasteiger partial charge is 0.495 e. The number of benzene rings is 3. The van der Waals surface area contributed by atoms with E-state index in [9.17, 15) is 4.79 Å². The van der Waals surface area contributed by atoms with E-state index in [-0.39, 0.29) is 5.91 Å². The Morgan fingerprint density at radius 1 is 1.00 bits per heavy atom. The number of hydrogen-bond acceptors (Lipinski definition) is 2. The minimum atomic E-state index is -0.167. The van der Waals surface area contributed by atoms with E-state index in [1.165, 1.54) is 5.56 Å². The van der Waals surface area contributed by atoms with E-state index in [2.05, 4.69) is 5.32 Å². The molecule has 0 saturated carbocycles. The van der Waals surface area contributed by atoms with Crippen molar-refractivity contribution in [3.05, 3.63) is 71.3 Å². The molecule has 0 spiro atoms. The van der Waals surface area contributed by atoms with E-state index in [0.717, 1.165) is 22.0 Å². The maximum atomic E-state index is 12.7. The number of ether oxygens (including phenoxy) is 1. The molecule has 0 unspecified atom stereocenters. The van der Waals surface area contributed by atoms with Gasteiger partial charge in [-0.2, -0.15) is 0 Å². The standard InChI is InChI=1S/C20H19NO2/c1-13-8-11-18(14(2)12-13)21-20(22)17-10-9-15-6-4-5-7-16(15)19(17)23-3/h4-12H,1-3H3,(H,21,22). The summed E-state index contributed by atoms with van der Waals surface area (Å²) in [6, 6.07) is 17.6. The number of carbonyl (C=O) groups excluding carboxylic acids is 1. The number of aryl methyl sites for hydroxylation is 2.